The second kappa shape index (κ2) is 5.49. The molecule has 2 rings (SSSR count). The second-order valence-corrected chi connectivity index (χ2v) is 4.00. The van der Waals surface area contributed by atoms with E-state index in [0.717, 1.165) is 25.0 Å². The summed E-state index contributed by atoms with van der Waals surface area (Å²) in [4.78, 5) is 0. The standard InChI is InChI=1S/C11H14BFO4/c13-8-3-4-10(12(14)15)11(6-8)17-7-9-2-1-5-16-9/h3-4,6,9,14-15H,1-2,5,7H2. The lowest BCUT2D eigenvalue weighted by atomic mass is 9.79. The zero-order valence-corrected chi connectivity index (χ0v) is 9.30. The molecule has 0 spiro atoms. The average molecular weight is 240 g/mol. The summed E-state index contributed by atoms with van der Waals surface area (Å²) in [5, 5.41) is 18.2. The van der Waals surface area contributed by atoms with Crippen molar-refractivity contribution in [2.24, 2.45) is 0 Å². The molecule has 1 aromatic carbocycles. The van der Waals surface area contributed by atoms with Gasteiger partial charge in [0.05, 0.1) is 6.10 Å². The Morgan fingerprint density at radius 1 is 1.47 bits per heavy atom. The van der Waals surface area contributed by atoms with Crippen LogP contribution in [0.1, 0.15) is 12.8 Å². The fourth-order valence-corrected chi connectivity index (χ4v) is 1.81. The number of hydrogen-bond donors (Lipinski definition) is 2. The average Bonchev–Trinajstić information content (AvgIpc) is 2.78. The van der Waals surface area contributed by atoms with Crippen LogP contribution in [0.2, 0.25) is 0 Å². The van der Waals surface area contributed by atoms with E-state index in [-0.39, 0.29) is 17.3 Å². The van der Waals surface area contributed by atoms with Crippen LogP contribution in [0.25, 0.3) is 0 Å². The molecule has 0 bridgehead atoms. The zero-order chi connectivity index (χ0) is 12.3. The van der Waals surface area contributed by atoms with Crippen LogP contribution in [-0.2, 0) is 4.74 Å². The first kappa shape index (κ1) is 12.4. The van der Waals surface area contributed by atoms with E-state index < -0.39 is 12.9 Å². The van der Waals surface area contributed by atoms with Crippen LogP contribution in [0, 0.1) is 5.82 Å². The molecule has 0 aromatic heterocycles. The minimum absolute atomic E-state index is 0.00181. The summed E-state index contributed by atoms with van der Waals surface area (Å²) in [6.45, 7) is 1.01. The van der Waals surface area contributed by atoms with Gasteiger partial charge in [0.2, 0.25) is 0 Å². The minimum Gasteiger partial charge on any atom is -0.491 e. The van der Waals surface area contributed by atoms with Gasteiger partial charge in [0.15, 0.2) is 0 Å². The van der Waals surface area contributed by atoms with Gasteiger partial charge in [0.25, 0.3) is 0 Å². The van der Waals surface area contributed by atoms with E-state index in [0.29, 0.717) is 13.2 Å². The van der Waals surface area contributed by atoms with Crippen LogP contribution in [0.15, 0.2) is 18.2 Å². The zero-order valence-electron chi connectivity index (χ0n) is 9.30. The molecular weight excluding hydrogens is 226 g/mol. The van der Waals surface area contributed by atoms with Crippen molar-refractivity contribution >= 4 is 12.6 Å². The summed E-state index contributed by atoms with van der Waals surface area (Å²) in [6, 6.07) is 3.60. The van der Waals surface area contributed by atoms with Crippen molar-refractivity contribution in [3.8, 4) is 5.75 Å². The molecule has 0 radical (unpaired) electrons. The molecule has 1 fully saturated rings. The highest BCUT2D eigenvalue weighted by Gasteiger charge is 2.20. The van der Waals surface area contributed by atoms with Gasteiger partial charge in [-0.3, -0.25) is 0 Å². The van der Waals surface area contributed by atoms with Gasteiger partial charge in [0, 0.05) is 18.1 Å². The molecule has 92 valence electrons. The molecule has 0 amide bonds. The summed E-state index contributed by atoms with van der Waals surface area (Å²) in [5.41, 5.74) is 0.157. The van der Waals surface area contributed by atoms with E-state index in [2.05, 4.69) is 0 Å². The molecule has 1 atom stereocenters. The van der Waals surface area contributed by atoms with Crippen LogP contribution in [0.5, 0.6) is 5.75 Å². The maximum absolute atomic E-state index is 13.0. The first-order chi connectivity index (χ1) is 8.16. The third-order valence-electron chi connectivity index (χ3n) is 2.70. The normalized spacial score (nSPS) is 19.4. The molecule has 4 nitrogen and oxygen atoms in total. The van der Waals surface area contributed by atoms with Gasteiger partial charge in [0.1, 0.15) is 18.2 Å². The van der Waals surface area contributed by atoms with Crippen molar-refractivity contribution in [1.29, 1.82) is 0 Å². The summed E-state index contributed by atoms with van der Waals surface area (Å²) in [7, 11) is -1.67. The smallest absolute Gasteiger partial charge is 0.491 e. The Balaban J connectivity index is 2.04. The number of ether oxygens (including phenoxy) is 2. The molecule has 2 N–H and O–H groups in total. The van der Waals surface area contributed by atoms with E-state index in [9.17, 15) is 4.39 Å². The molecule has 17 heavy (non-hydrogen) atoms. The molecule has 1 aliphatic heterocycles. The highest BCUT2D eigenvalue weighted by atomic mass is 19.1. The Kier molecular flexibility index (Phi) is 3.99. The van der Waals surface area contributed by atoms with E-state index in [1.165, 1.54) is 6.07 Å². The first-order valence-electron chi connectivity index (χ1n) is 5.57. The maximum atomic E-state index is 13.0. The molecule has 0 saturated carbocycles. The lowest BCUT2D eigenvalue weighted by molar-refractivity contribution is 0.0681. The molecule has 1 heterocycles. The van der Waals surface area contributed by atoms with Gasteiger partial charge in [-0.25, -0.2) is 4.39 Å². The third-order valence-corrected chi connectivity index (χ3v) is 2.70. The van der Waals surface area contributed by atoms with E-state index >= 15 is 0 Å². The highest BCUT2D eigenvalue weighted by Crippen LogP contribution is 2.15. The Bertz CT molecular complexity index is 380. The van der Waals surface area contributed by atoms with Gasteiger partial charge in [-0.05, 0) is 18.9 Å². The molecule has 1 unspecified atom stereocenters. The second-order valence-electron chi connectivity index (χ2n) is 4.00. The van der Waals surface area contributed by atoms with Crippen LogP contribution in [0.3, 0.4) is 0 Å². The molecule has 1 aliphatic rings. The SMILES string of the molecule is OB(O)c1ccc(F)cc1OCC1CCCO1. The Hall–Kier alpha value is -1.11. The molecule has 0 aliphatic carbocycles. The predicted molar refractivity (Wildman–Crippen MR) is 60.7 cm³/mol. The maximum Gasteiger partial charge on any atom is 0.492 e. The number of rotatable bonds is 4. The lowest BCUT2D eigenvalue weighted by Gasteiger charge is -2.14. The van der Waals surface area contributed by atoms with Gasteiger partial charge in [-0.15, -0.1) is 0 Å². The van der Waals surface area contributed by atoms with Crippen molar-refractivity contribution in [2.45, 2.75) is 18.9 Å². The highest BCUT2D eigenvalue weighted by molar-refractivity contribution is 6.59. The van der Waals surface area contributed by atoms with Crippen LogP contribution < -0.4 is 10.2 Å². The lowest BCUT2D eigenvalue weighted by Crippen LogP contribution is -2.32. The Morgan fingerprint density at radius 2 is 2.29 bits per heavy atom. The summed E-state index contributed by atoms with van der Waals surface area (Å²) in [5.74, 6) is -0.327. The Labute approximate surface area is 99.1 Å². The van der Waals surface area contributed by atoms with Crippen molar-refractivity contribution < 1.29 is 23.9 Å². The van der Waals surface area contributed by atoms with Crippen LogP contribution in [0.4, 0.5) is 4.39 Å². The number of benzene rings is 1. The van der Waals surface area contributed by atoms with Gasteiger partial charge < -0.3 is 19.5 Å². The number of halogens is 1. The largest absolute Gasteiger partial charge is 0.492 e. The van der Waals surface area contributed by atoms with Crippen molar-refractivity contribution in [3.05, 3.63) is 24.0 Å². The fourth-order valence-electron chi connectivity index (χ4n) is 1.81. The fraction of sp³-hybridized carbons (Fsp3) is 0.455. The third kappa shape index (κ3) is 3.18. The molecule has 1 saturated heterocycles. The van der Waals surface area contributed by atoms with E-state index in [4.69, 9.17) is 19.5 Å². The summed E-state index contributed by atoms with van der Waals surface area (Å²) in [6.07, 6.45) is 1.90. The number of hydrogen-bond acceptors (Lipinski definition) is 4. The van der Waals surface area contributed by atoms with Crippen molar-refractivity contribution in [2.75, 3.05) is 13.2 Å². The van der Waals surface area contributed by atoms with Gasteiger partial charge >= 0.3 is 7.12 Å². The molecule has 6 heteroatoms. The monoisotopic (exact) mass is 240 g/mol. The van der Waals surface area contributed by atoms with Gasteiger partial charge in [-0.1, -0.05) is 6.07 Å². The predicted octanol–water partition coefficient (Wildman–Crippen LogP) is 0.0633. The molecular formula is C11H14BFO4. The topological polar surface area (TPSA) is 58.9 Å². The summed E-state index contributed by atoms with van der Waals surface area (Å²) >= 11 is 0. The van der Waals surface area contributed by atoms with Crippen molar-refractivity contribution in [1.82, 2.24) is 0 Å². The Morgan fingerprint density at radius 3 is 2.94 bits per heavy atom. The van der Waals surface area contributed by atoms with Crippen LogP contribution >= 0.6 is 0 Å². The molecule has 1 aromatic rings. The minimum atomic E-state index is -1.67. The summed E-state index contributed by atoms with van der Waals surface area (Å²) < 4.78 is 23.8. The van der Waals surface area contributed by atoms with Crippen LogP contribution in [-0.4, -0.2) is 36.5 Å². The first-order valence-corrected chi connectivity index (χ1v) is 5.57. The van der Waals surface area contributed by atoms with Gasteiger partial charge in [-0.2, -0.15) is 0 Å². The van der Waals surface area contributed by atoms with E-state index in [1.54, 1.807) is 0 Å². The van der Waals surface area contributed by atoms with Crippen molar-refractivity contribution in [3.63, 3.8) is 0 Å². The quantitative estimate of drug-likeness (QED) is 0.731. The van der Waals surface area contributed by atoms with E-state index in [1.807, 2.05) is 0 Å².